The lowest BCUT2D eigenvalue weighted by Crippen LogP contribution is -2.65. The fourth-order valence-corrected chi connectivity index (χ4v) is 15.3. The van der Waals surface area contributed by atoms with E-state index in [0.29, 0.717) is 5.41 Å². The quantitative estimate of drug-likeness (QED) is 0.162. The Morgan fingerprint density at radius 2 is 1.10 bits per heavy atom. The maximum absolute atomic E-state index is 2.57. The zero-order chi connectivity index (χ0) is 39.2. The third-order valence-electron chi connectivity index (χ3n) is 16.6. The standard InChI is InChI=1S/C58H45NS/c1-3-9-36(10-4-1)38-15-21-45(22-16-38)59(46-23-17-39(18-24-46)37-11-5-2-6-12-37)47-25-27-50-49-26-19-41(30-54(49)60-55(50)34-47)40-20-28-53-51(29-40)48-13-7-8-14-52(48)58(53)44-32-42-31-43-33-56(58)57(42,43)35-44/h1-17,19-23,25-30,34,42-44,56H,18,24,31-33,35H2. The van der Waals surface area contributed by atoms with Crippen molar-refractivity contribution >= 4 is 48.5 Å². The zero-order valence-electron chi connectivity index (χ0n) is 33.7. The molecule has 2 spiro atoms. The number of thiophene rings is 1. The maximum atomic E-state index is 2.57. The summed E-state index contributed by atoms with van der Waals surface area (Å²) in [6.45, 7) is 0. The van der Waals surface area contributed by atoms with Crippen LogP contribution in [-0.2, 0) is 5.41 Å². The number of benzene rings is 7. The summed E-state index contributed by atoms with van der Waals surface area (Å²) in [5.74, 6) is 3.69. The molecule has 1 aromatic heterocycles. The Balaban J connectivity index is 0.839. The number of anilines is 2. The van der Waals surface area contributed by atoms with Gasteiger partial charge in [-0.05, 0) is 166 Å². The van der Waals surface area contributed by atoms with Crippen LogP contribution in [0.1, 0.15) is 55.2 Å². The second kappa shape index (κ2) is 12.3. The Hall–Kier alpha value is -5.96. The van der Waals surface area contributed by atoms with E-state index in [1.54, 1.807) is 11.1 Å². The molecule has 4 saturated carbocycles. The summed E-state index contributed by atoms with van der Waals surface area (Å²) in [4.78, 5) is 2.49. The number of rotatable bonds is 6. The van der Waals surface area contributed by atoms with Crippen LogP contribution in [-0.4, -0.2) is 0 Å². The first-order valence-corrected chi connectivity index (χ1v) is 23.1. The van der Waals surface area contributed by atoms with Crippen LogP contribution >= 0.6 is 11.3 Å². The van der Waals surface area contributed by atoms with E-state index in [1.807, 2.05) is 11.3 Å². The maximum Gasteiger partial charge on any atom is 0.0472 e. The molecule has 1 heterocycles. The van der Waals surface area contributed by atoms with Crippen LogP contribution in [0.2, 0.25) is 0 Å². The molecule has 8 aromatic rings. The minimum Gasteiger partial charge on any atom is -0.314 e. The van der Waals surface area contributed by atoms with Crippen LogP contribution in [0.25, 0.3) is 59.1 Å². The van der Waals surface area contributed by atoms with Gasteiger partial charge in [0.2, 0.25) is 0 Å². The lowest BCUT2D eigenvalue weighted by molar-refractivity contribution is -0.193. The molecule has 2 heteroatoms. The summed E-state index contributed by atoms with van der Waals surface area (Å²) in [6, 6.07) is 62.1. The number of fused-ring (bicyclic) bond motifs is 11. The van der Waals surface area contributed by atoms with E-state index in [-0.39, 0.29) is 5.41 Å². The Morgan fingerprint density at radius 3 is 1.88 bits per heavy atom. The van der Waals surface area contributed by atoms with E-state index in [9.17, 15) is 0 Å². The first-order valence-electron chi connectivity index (χ1n) is 22.3. The topological polar surface area (TPSA) is 3.24 Å². The number of hydrogen-bond donors (Lipinski definition) is 0. The van der Waals surface area contributed by atoms with Crippen molar-refractivity contribution in [3.63, 3.8) is 0 Å². The molecular weight excluding hydrogens is 743 g/mol. The van der Waals surface area contributed by atoms with Gasteiger partial charge in [0.15, 0.2) is 0 Å². The zero-order valence-corrected chi connectivity index (χ0v) is 34.5. The van der Waals surface area contributed by atoms with Crippen LogP contribution in [0, 0.1) is 29.1 Å². The van der Waals surface area contributed by atoms with Crippen molar-refractivity contribution in [3.05, 3.63) is 198 Å². The summed E-state index contributed by atoms with van der Waals surface area (Å²) in [7, 11) is 0. The van der Waals surface area contributed by atoms with Gasteiger partial charge in [0.25, 0.3) is 0 Å². The second-order valence-electron chi connectivity index (χ2n) is 18.8. The third-order valence-corrected chi connectivity index (χ3v) is 17.7. The average molecular weight is 788 g/mol. The van der Waals surface area contributed by atoms with Crippen LogP contribution < -0.4 is 4.90 Å². The van der Waals surface area contributed by atoms with Gasteiger partial charge in [-0.2, -0.15) is 0 Å². The minimum atomic E-state index is 0.247. The molecule has 60 heavy (non-hydrogen) atoms. The fraction of sp³-hybridized carbons (Fsp3) is 0.207. The van der Waals surface area contributed by atoms with Crippen LogP contribution in [0.3, 0.4) is 0 Å². The molecule has 7 aromatic carbocycles. The highest BCUT2D eigenvalue weighted by Crippen LogP contribution is 2.88. The lowest BCUT2D eigenvalue weighted by atomic mass is 9.34. The highest BCUT2D eigenvalue weighted by Gasteiger charge is 2.82. The molecule has 14 rings (SSSR count). The van der Waals surface area contributed by atoms with E-state index < -0.39 is 0 Å². The van der Waals surface area contributed by atoms with E-state index >= 15 is 0 Å². The molecular formula is C58H45NS. The van der Waals surface area contributed by atoms with Gasteiger partial charge in [-0.15, -0.1) is 11.3 Å². The van der Waals surface area contributed by atoms with Crippen molar-refractivity contribution in [1.82, 2.24) is 0 Å². The predicted octanol–water partition coefficient (Wildman–Crippen LogP) is 15.6. The molecule has 6 aliphatic rings. The smallest absolute Gasteiger partial charge is 0.0472 e. The van der Waals surface area contributed by atoms with Gasteiger partial charge in [0.05, 0.1) is 0 Å². The molecule has 4 fully saturated rings. The summed E-state index contributed by atoms with van der Waals surface area (Å²) >= 11 is 1.93. The highest BCUT2D eigenvalue weighted by atomic mass is 32.1. The number of allylic oxidation sites excluding steroid dienone is 4. The van der Waals surface area contributed by atoms with Gasteiger partial charge >= 0.3 is 0 Å². The van der Waals surface area contributed by atoms with Crippen molar-refractivity contribution in [2.75, 3.05) is 4.90 Å². The fourth-order valence-electron chi connectivity index (χ4n) is 14.1. The van der Waals surface area contributed by atoms with Gasteiger partial charge in [-0.1, -0.05) is 133 Å². The molecule has 6 atom stereocenters. The molecule has 288 valence electrons. The largest absolute Gasteiger partial charge is 0.314 e. The van der Waals surface area contributed by atoms with Crippen LogP contribution in [0.5, 0.6) is 0 Å². The molecule has 1 nitrogen and oxygen atoms in total. The molecule has 2 bridgehead atoms. The molecule has 6 unspecified atom stereocenters. The van der Waals surface area contributed by atoms with Gasteiger partial charge in [0.1, 0.15) is 0 Å². The third kappa shape index (κ3) is 4.42. The normalized spacial score (nSPS) is 26.3. The van der Waals surface area contributed by atoms with Crippen molar-refractivity contribution in [2.45, 2.75) is 43.9 Å². The van der Waals surface area contributed by atoms with E-state index in [0.717, 1.165) is 36.5 Å². The minimum absolute atomic E-state index is 0.247. The van der Waals surface area contributed by atoms with Crippen molar-refractivity contribution in [1.29, 1.82) is 0 Å². The van der Waals surface area contributed by atoms with Gasteiger partial charge in [-0.25, -0.2) is 0 Å². The molecule has 6 aliphatic carbocycles. The van der Waals surface area contributed by atoms with Gasteiger partial charge in [0, 0.05) is 42.7 Å². The first kappa shape index (κ1) is 33.8. The Kier molecular flexibility index (Phi) is 6.94. The molecule has 0 amide bonds. The Bertz CT molecular complexity index is 3130. The summed E-state index contributed by atoms with van der Waals surface area (Å²) in [5, 5.41) is 2.68. The molecule has 0 aliphatic heterocycles. The SMILES string of the molecule is C1=C(c2ccccc2)CCC(N(c2ccc(-c3ccccc3)cc2)c2ccc3c(c2)sc2cc(-c4ccc5c(c4)-c4ccccc4C54C5CC6CC7CC4C67C5)ccc23)=C1. The van der Waals surface area contributed by atoms with Crippen molar-refractivity contribution < 1.29 is 0 Å². The highest BCUT2D eigenvalue weighted by molar-refractivity contribution is 7.25. The summed E-state index contributed by atoms with van der Waals surface area (Å²) in [6.07, 6.45) is 12.6. The first-order chi connectivity index (χ1) is 29.7. The van der Waals surface area contributed by atoms with E-state index in [2.05, 4.69) is 181 Å². The van der Waals surface area contributed by atoms with E-state index in [1.165, 1.54) is 107 Å². The Labute approximate surface area is 356 Å². The summed E-state index contributed by atoms with van der Waals surface area (Å²) in [5.41, 5.74) is 18.8. The predicted molar refractivity (Wildman–Crippen MR) is 252 cm³/mol. The monoisotopic (exact) mass is 787 g/mol. The molecule has 0 N–H and O–H groups in total. The Morgan fingerprint density at radius 1 is 0.467 bits per heavy atom. The van der Waals surface area contributed by atoms with E-state index in [4.69, 9.17) is 0 Å². The second-order valence-corrected chi connectivity index (χ2v) is 19.9. The number of nitrogens with zero attached hydrogens (tertiary/aromatic N) is 1. The van der Waals surface area contributed by atoms with Crippen molar-refractivity contribution in [3.8, 4) is 33.4 Å². The lowest BCUT2D eigenvalue weighted by Gasteiger charge is -2.70. The van der Waals surface area contributed by atoms with Gasteiger partial charge < -0.3 is 4.90 Å². The van der Waals surface area contributed by atoms with Crippen LogP contribution in [0.15, 0.2) is 182 Å². The molecule has 0 saturated heterocycles. The molecule has 0 radical (unpaired) electrons. The summed E-state index contributed by atoms with van der Waals surface area (Å²) < 4.78 is 2.68. The average Bonchev–Trinajstić information content (AvgIpc) is 4.02. The number of hydrogen-bond acceptors (Lipinski definition) is 2. The van der Waals surface area contributed by atoms with Crippen molar-refractivity contribution in [2.24, 2.45) is 29.1 Å². The van der Waals surface area contributed by atoms with Gasteiger partial charge in [-0.3, -0.25) is 0 Å². The van der Waals surface area contributed by atoms with Crippen LogP contribution in [0.4, 0.5) is 11.4 Å².